The molecule has 5 nitrogen and oxygen atoms in total. The molecule has 0 fully saturated rings. The summed E-state index contributed by atoms with van der Waals surface area (Å²) in [6, 6.07) is 26.1. The van der Waals surface area contributed by atoms with Crippen molar-refractivity contribution in [2.45, 2.75) is 6.17 Å². The molecule has 0 saturated heterocycles. The number of para-hydroxylation sites is 1. The summed E-state index contributed by atoms with van der Waals surface area (Å²) >= 11 is 0. The Balaban J connectivity index is 1.79. The lowest BCUT2D eigenvalue weighted by Gasteiger charge is -2.20. The summed E-state index contributed by atoms with van der Waals surface area (Å²) in [5.74, 6) is -0.628. The van der Waals surface area contributed by atoms with E-state index in [2.05, 4.69) is 10.3 Å². The lowest BCUT2D eigenvalue weighted by Crippen LogP contribution is -2.46. The number of amides is 2. The van der Waals surface area contributed by atoms with E-state index < -0.39 is 6.17 Å². The topological polar surface area (TPSA) is 61.8 Å². The smallest absolute Gasteiger partial charge is 0.272 e. The van der Waals surface area contributed by atoms with Crippen LogP contribution in [0.4, 0.5) is 5.69 Å². The van der Waals surface area contributed by atoms with Crippen molar-refractivity contribution >= 4 is 23.2 Å². The number of hydrogen-bond donors (Lipinski definition) is 1. The highest BCUT2D eigenvalue weighted by Gasteiger charge is 2.31. The molecule has 0 radical (unpaired) electrons. The third kappa shape index (κ3) is 3.30. The molecule has 1 heterocycles. The van der Waals surface area contributed by atoms with Crippen LogP contribution in [0.15, 0.2) is 89.9 Å². The second-order valence-corrected chi connectivity index (χ2v) is 6.50. The average Bonchev–Trinajstić information content (AvgIpc) is 2.86. The van der Waals surface area contributed by atoms with Gasteiger partial charge in [-0.1, -0.05) is 66.7 Å². The van der Waals surface area contributed by atoms with Crippen molar-refractivity contribution in [2.75, 3.05) is 11.9 Å². The van der Waals surface area contributed by atoms with E-state index in [0.29, 0.717) is 11.3 Å². The van der Waals surface area contributed by atoms with Crippen LogP contribution in [0, 0.1) is 0 Å². The molecule has 0 saturated carbocycles. The quantitative estimate of drug-likeness (QED) is 0.770. The van der Waals surface area contributed by atoms with Crippen LogP contribution in [0.2, 0.25) is 0 Å². The molecule has 3 aromatic rings. The number of benzene rings is 3. The zero-order chi connectivity index (χ0) is 19.5. The molecule has 1 N–H and O–H groups in total. The summed E-state index contributed by atoms with van der Waals surface area (Å²) in [5.41, 5.74) is 3.65. The molecular weight excluding hydrogens is 350 g/mol. The molecule has 5 heteroatoms. The monoisotopic (exact) mass is 369 g/mol. The number of fused-ring (bicyclic) bond motifs is 1. The van der Waals surface area contributed by atoms with Gasteiger partial charge < -0.3 is 10.2 Å². The summed E-state index contributed by atoms with van der Waals surface area (Å²) in [4.78, 5) is 31.9. The van der Waals surface area contributed by atoms with Crippen LogP contribution in [0.3, 0.4) is 0 Å². The Morgan fingerprint density at radius 3 is 2.21 bits per heavy atom. The van der Waals surface area contributed by atoms with Gasteiger partial charge in [-0.05, 0) is 18.2 Å². The van der Waals surface area contributed by atoms with Crippen molar-refractivity contribution in [3.05, 3.63) is 102 Å². The van der Waals surface area contributed by atoms with Crippen LogP contribution in [0.5, 0.6) is 0 Å². The normalized spacial score (nSPS) is 16.0. The fourth-order valence-electron chi connectivity index (χ4n) is 3.24. The highest BCUT2D eigenvalue weighted by molar-refractivity contribution is 6.20. The van der Waals surface area contributed by atoms with Crippen molar-refractivity contribution < 1.29 is 9.59 Å². The van der Waals surface area contributed by atoms with Gasteiger partial charge in [0.2, 0.25) is 6.17 Å². The van der Waals surface area contributed by atoms with Crippen LogP contribution in [0.25, 0.3) is 0 Å². The molecule has 2 amide bonds. The third-order valence-corrected chi connectivity index (χ3v) is 4.69. The van der Waals surface area contributed by atoms with Crippen LogP contribution in [-0.2, 0) is 4.79 Å². The molecule has 1 aliphatic heterocycles. The van der Waals surface area contributed by atoms with E-state index in [9.17, 15) is 9.59 Å². The molecule has 0 aromatic heterocycles. The van der Waals surface area contributed by atoms with Crippen molar-refractivity contribution in [2.24, 2.45) is 4.99 Å². The van der Waals surface area contributed by atoms with E-state index in [-0.39, 0.29) is 11.8 Å². The van der Waals surface area contributed by atoms with E-state index in [1.54, 1.807) is 36.2 Å². The van der Waals surface area contributed by atoms with Gasteiger partial charge in [0.25, 0.3) is 11.8 Å². The van der Waals surface area contributed by atoms with Gasteiger partial charge in [-0.25, -0.2) is 4.99 Å². The van der Waals surface area contributed by atoms with Crippen LogP contribution >= 0.6 is 0 Å². The maximum atomic E-state index is 13.1. The SMILES string of the molecule is CN1C(=O)C(NC(=O)c2ccccc2)N=C(c2ccccc2)c2ccccc21. The molecule has 0 spiro atoms. The Bertz CT molecular complexity index is 1050. The first kappa shape index (κ1) is 17.7. The Morgan fingerprint density at radius 2 is 1.50 bits per heavy atom. The lowest BCUT2D eigenvalue weighted by molar-refractivity contribution is -0.119. The van der Waals surface area contributed by atoms with E-state index in [1.165, 1.54) is 0 Å². The van der Waals surface area contributed by atoms with Crippen LogP contribution in [-0.4, -0.2) is 30.7 Å². The number of anilines is 1. The number of nitrogens with zero attached hydrogens (tertiary/aromatic N) is 2. The maximum Gasteiger partial charge on any atom is 0.272 e. The molecule has 1 aliphatic rings. The minimum absolute atomic E-state index is 0.289. The fourth-order valence-corrected chi connectivity index (χ4v) is 3.24. The van der Waals surface area contributed by atoms with Crippen LogP contribution < -0.4 is 10.2 Å². The first-order valence-electron chi connectivity index (χ1n) is 9.01. The number of aliphatic imine (C=N–C) groups is 1. The van der Waals surface area contributed by atoms with E-state index in [4.69, 9.17) is 0 Å². The molecule has 3 aromatic carbocycles. The van der Waals surface area contributed by atoms with E-state index >= 15 is 0 Å². The zero-order valence-corrected chi connectivity index (χ0v) is 15.4. The Morgan fingerprint density at radius 1 is 0.893 bits per heavy atom. The Labute approximate surface area is 163 Å². The number of carbonyl (C=O) groups is 2. The number of benzodiazepines with no additional fused rings is 1. The minimum Gasteiger partial charge on any atom is -0.322 e. The lowest BCUT2D eigenvalue weighted by atomic mass is 10.0. The molecule has 4 rings (SSSR count). The summed E-state index contributed by atoms with van der Waals surface area (Å²) in [7, 11) is 1.70. The number of carbonyl (C=O) groups excluding carboxylic acids is 2. The molecule has 0 aliphatic carbocycles. The van der Waals surface area contributed by atoms with Crippen molar-refractivity contribution in [1.29, 1.82) is 0 Å². The van der Waals surface area contributed by atoms with Crippen LogP contribution in [0.1, 0.15) is 21.5 Å². The van der Waals surface area contributed by atoms with Gasteiger partial charge in [0, 0.05) is 23.7 Å². The second kappa shape index (κ2) is 7.48. The molecule has 138 valence electrons. The van der Waals surface area contributed by atoms with Crippen molar-refractivity contribution in [3.8, 4) is 0 Å². The standard InChI is InChI=1S/C23H19N3O2/c1-26-19-15-9-8-14-18(19)20(16-10-4-2-5-11-16)24-21(23(26)28)25-22(27)17-12-6-3-7-13-17/h2-15,21H,1H3,(H,25,27). The highest BCUT2D eigenvalue weighted by Crippen LogP contribution is 2.27. The number of hydrogen-bond acceptors (Lipinski definition) is 3. The van der Waals surface area contributed by atoms with Crippen molar-refractivity contribution in [1.82, 2.24) is 5.32 Å². The zero-order valence-electron chi connectivity index (χ0n) is 15.4. The molecule has 1 atom stereocenters. The van der Waals surface area contributed by atoms with Gasteiger partial charge >= 0.3 is 0 Å². The third-order valence-electron chi connectivity index (χ3n) is 4.69. The Kier molecular flexibility index (Phi) is 4.72. The fraction of sp³-hybridized carbons (Fsp3) is 0.0870. The molecule has 0 bridgehead atoms. The van der Waals surface area contributed by atoms with Gasteiger partial charge in [-0.15, -0.1) is 0 Å². The van der Waals surface area contributed by atoms with Gasteiger partial charge in [0.15, 0.2) is 0 Å². The summed E-state index contributed by atoms with van der Waals surface area (Å²) < 4.78 is 0. The number of nitrogens with one attached hydrogen (secondary N) is 1. The maximum absolute atomic E-state index is 13.1. The molecule has 1 unspecified atom stereocenters. The molecular formula is C23H19N3O2. The minimum atomic E-state index is -1.01. The summed E-state index contributed by atoms with van der Waals surface area (Å²) in [5, 5.41) is 2.77. The predicted molar refractivity (Wildman–Crippen MR) is 110 cm³/mol. The van der Waals surface area contributed by atoms with Crippen molar-refractivity contribution in [3.63, 3.8) is 0 Å². The summed E-state index contributed by atoms with van der Waals surface area (Å²) in [6.07, 6.45) is -1.01. The average molecular weight is 369 g/mol. The Hall–Kier alpha value is -3.73. The second-order valence-electron chi connectivity index (χ2n) is 6.50. The number of likely N-dealkylation sites (N-methyl/N-ethyl adjacent to an activating group) is 1. The predicted octanol–water partition coefficient (Wildman–Crippen LogP) is 3.26. The highest BCUT2D eigenvalue weighted by atomic mass is 16.2. The first-order chi connectivity index (χ1) is 13.6. The van der Waals surface area contributed by atoms with Gasteiger partial charge in [-0.3, -0.25) is 9.59 Å². The first-order valence-corrected chi connectivity index (χ1v) is 9.01. The van der Waals surface area contributed by atoms with Gasteiger partial charge in [-0.2, -0.15) is 0 Å². The molecule has 28 heavy (non-hydrogen) atoms. The number of rotatable bonds is 3. The summed E-state index contributed by atoms with van der Waals surface area (Å²) in [6.45, 7) is 0. The largest absolute Gasteiger partial charge is 0.322 e. The van der Waals surface area contributed by atoms with E-state index in [1.807, 2.05) is 60.7 Å². The van der Waals surface area contributed by atoms with Gasteiger partial charge in [0.1, 0.15) is 0 Å². The van der Waals surface area contributed by atoms with Gasteiger partial charge in [0.05, 0.1) is 11.4 Å². The van der Waals surface area contributed by atoms with E-state index in [0.717, 1.165) is 16.8 Å².